The third-order valence-corrected chi connectivity index (χ3v) is 1.60. The molecule has 0 bridgehead atoms. The van der Waals surface area contributed by atoms with Crippen LogP contribution in [0.2, 0.25) is 0 Å². The van der Waals surface area contributed by atoms with Gasteiger partial charge in [0.05, 0.1) is 7.11 Å². The van der Waals surface area contributed by atoms with Gasteiger partial charge in [-0.25, -0.2) is 0 Å². The van der Waals surface area contributed by atoms with Crippen LogP contribution in [0.1, 0.15) is 5.69 Å². The van der Waals surface area contributed by atoms with Crippen LogP contribution in [-0.4, -0.2) is 16.7 Å². The first-order valence-electron chi connectivity index (χ1n) is 3.28. The Labute approximate surface area is 65.0 Å². The van der Waals surface area contributed by atoms with Crippen molar-refractivity contribution in [3.8, 4) is 5.88 Å². The van der Waals surface area contributed by atoms with E-state index in [1.54, 1.807) is 24.8 Å². The molecule has 1 aromatic rings. The van der Waals surface area contributed by atoms with Crippen LogP contribution in [0.5, 0.6) is 5.88 Å². The van der Waals surface area contributed by atoms with Crippen molar-refractivity contribution >= 4 is 0 Å². The molecule has 0 saturated heterocycles. The lowest BCUT2D eigenvalue weighted by Crippen LogP contribution is -2.22. The second kappa shape index (κ2) is 2.74. The van der Waals surface area contributed by atoms with E-state index in [-0.39, 0.29) is 5.62 Å². The predicted octanol–water partition coefficient (Wildman–Crippen LogP) is 0.217. The fourth-order valence-corrected chi connectivity index (χ4v) is 0.759. The molecule has 0 fully saturated rings. The molecule has 1 rings (SSSR count). The lowest BCUT2D eigenvalue weighted by atomic mass is 10.4. The number of methoxy groups -OCH3 is 1. The lowest BCUT2D eigenvalue weighted by molar-refractivity contribution is 0.390. The highest BCUT2D eigenvalue weighted by Gasteiger charge is 1.97. The van der Waals surface area contributed by atoms with Crippen molar-refractivity contribution in [2.24, 2.45) is 7.05 Å². The smallest absolute Gasteiger partial charge is 0.225 e. The van der Waals surface area contributed by atoms with Gasteiger partial charge >= 0.3 is 0 Å². The molecular weight excluding hydrogens is 142 g/mol. The Morgan fingerprint density at radius 2 is 2.27 bits per heavy atom. The highest BCUT2D eigenvalue weighted by Crippen LogP contribution is 2.02. The Morgan fingerprint density at radius 3 is 2.73 bits per heavy atom. The van der Waals surface area contributed by atoms with Gasteiger partial charge in [0, 0.05) is 18.8 Å². The molecule has 0 aliphatic rings. The van der Waals surface area contributed by atoms with Crippen molar-refractivity contribution in [3.05, 3.63) is 17.4 Å². The Hall–Kier alpha value is -1.32. The summed E-state index contributed by atoms with van der Waals surface area (Å²) in [5, 5.41) is 7.38. The maximum absolute atomic E-state index is 7.38. The fourth-order valence-electron chi connectivity index (χ4n) is 0.759. The number of aromatic nitrogens is 2. The third-order valence-electron chi connectivity index (χ3n) is 1.60. The standard InChI is InChI=1S/C7H11N3O/c1-5-4-6(11-3)9-7(8)10(5)2/h4,8H,1-3H3. The minimum atomic E-state index is 0.210. The van der Waals surface area contributed by atoms with Crippen molar-refractivity contribution in [3.63, 3.8) is 0 Å². The first-order chi connectivity index (χ1) is 5.15. The van der Waals surface area contributed by atoms with Crippen molar-refractivity contribution in [2.75, 3.05) is 7.11 Å². The highest BCUT2D eigenvalue weighted by molar-refractivity contribution is 5.12. The van der Waals surface area contributed by atoms with Gasteiger partial charge in [-0.15, -0.1) is 0 Å². The second-order valence-corrected chi connectivity index (χ2v) is 2.32. The molecule has 0 aromatic carbocycles. The quantitative estimate of drug-likeness (QED) is 0.627. The van der Waals surface area contributed by atoms with E-state index in [2.05, 4.69) is 4.98 Å². The summed E-state index contributed by atoms with van der Waals surface area (Å²) in [5.41, 5.74) is 1.17. The number of nitrogens with one attached hydrogen (secondary N) is 1. The topological polar surface area (TPSA) is 50.9 Å². The van der Waals surface area contributed by atoms with Crippen molar-refractivity contribution in [2.45, 2.75) is 6.92 Å². The minimum absolute atomic E-state index is 0.210. The van der Waals surface area contributed by atoms with Gasteiger partial charge in [0.1, 0.15) is 0 Å². The predicted molar refractivity (Wildman–Crippen MR) is 40.4 cm³/mol. The average Bonchev–Trinajstić information content (AvgIpc) is 1.99. The van der Waals surface area contributed by atoms with Gasteiger partial charge in [0.25, 0.3) is 0 Å². The fraction of sp³-hybridized carbons (Fsp3) is 0.429. The second-order valence-electron chi connectivity index (χ2n) is 2.32. The number of aryl methyl sites for hydroxylation is 1. The van der Waals surface area contributed by atoms with E-state index >= 15 is 0 Å². The summed E-state index contributed by atoms with van der Waals surface area (Å²) < 4.78 is 6.57. The molecule has 0 saturated carbocycles. The van der Waals surface area contributed by atoms with Crippen LogP contribution in [0, 0.1) is 12.3 Å². The summed E-state index contributed by atoms with van der Waals surface area (Å²) in [6.45, 7) is 1.90. The van der Waals surface area contributed by atoms with E-state index in [0.29, 0.717) is 5.88 Å². The largest absolute Gasteiger partial charge is 0.481 e. The van der Waals surface area contributed by atoms with Gasteiger partial charge < -0.3 is 9.30 Å². The zero-order chi connectivity index (χ0) is 8.43. The SMILES string of the molecule is COc1cc(C)n(C)c(=N)n1. The summed E-state index contributed by atoms with van der Waals surface area (Å²) >= 11 is 0. The van der Waals surface area contributed by atoms with Crippen LogP contribution in [-0.2, 0) is 7.05 Å². The monoisotopic (exact) mass is 153 g/mol. The molecule has 11 heavy (non-hydrogen) atoms. The number of nitrogens with zero attached hydrogens (tertiary/aromatic N) is 2. The zero-order valence-corrected chi connectivity index (χ0v) is 6.88. The van der Waals surface area contributed by atoms with E-state index in [1.807, 2.05) is 6.92 Å². The molecular formula is C7H11N3O. The third kappa shape index (κ3) is 1.39. The molecule has 4 nitrogen and oxygen atoms in total. The summed E-state index contributed by atoms with van der Waals surface area (Å²) in [6, 6.07) is 1.79. The van der Waals surface area contributed by atoms with E-state index in [1.165, 1.54) is 0 Å². The summed E-state index contributed by atoms with van der Waals surface area (Å²) in [6.07, 6.45) is 0. The van der Waals surface area contributed by atoms with Gasteiger partial charge in [-0.05, 0) is 6.92 Å². The molecule has 4 heteroatoms. The molecule has 0 amide bonds. The maximum Gasteiger partial charge on any atom is 0.225 e. The van der Waals surface area contributed by atoms with Gasteiger partial charge in [-0.3, -0.25) is 5.41 Å². The molecule has 1 heterocycles. The molecule has 0 atom stereocenters. The molecule has 0 unspecified atom stereocenters. The minimum Gasteiger partial charge on any atom is -0.481 e. The summed E-state index contributed by atoms with van der Waals surface area (Å²) in [4.78, 5) is 3.86. The van der Waals surface area contributed by atoms with Crippen molar-refractivity contribution in [1.29, 1.82) is 5.41 Å². The molecule has 0 aliphatic heterocycles. The average molecular weight is 153 g/mol. The molecule has 0 spiro atoms. The molecule has 60 valence electrons. The highest BCUT2D eigenvalue weighted by atomic mass is 16.5. The summed E-state index contributed by atoms with van der Waals surface area (Å²) in [7, 11) is 3.34. The lowest BCUT2D eigenvalue weighted by Gasteiger charge is -2.04. The molecule has 1 N–H and O–H groups in total. The first kappa shape index (κ1) is 7.78. The van der Waals surface area contributed by atoms with Crippen LogP contribution in [0.4, 0.5) is 0 Å². The Balaban J connectivity index is 3.32. The van der Waals surface area contributed by atoms with Crippen LogP contribution < -0.4 is 10.4 Å². The first-order valence-corrected chi connectivity index (χ1v) is 3.28. The van der Waals surface area contributed by atoms with Gasteiger partial charge in [-0.1, -0.05) is 0 Å². The van der Waals surface area contributed by atoms with Crippen LogP contribution >= 0.6 is 0 Å². The van der Waals surface area contributed by atoms with E-state index < -0.39 is 0 Å². The Kier molecular flexibility index (Phi) is 1.94. The number of ether oxygens (including phenoxy) is 1. The van der Waals surface area contributed by atoms with Crippen molar-refractivity contribution in [1.82, 2.24) is 9.55 Å². The molecule has 0 aliphatic carbocycles. The van der Waals surface area contributed by atoms with Crippen LogP contribution in [0.25, 0.3) is 0 Å². The zero-order valence-electron chi connectivity index (χ0n) is 6.88. The molecule has 0 radical (unpaired) electrons. The van der Waals surface area contributed by atoms with E-state index in [9.17, 15) is 0 Å². The van der Waals surface area contributed by atoms with Crippen LogP contribution in [0.15, 0.2) is 6.07 Å². The number of rotatable bonds is 1. The van der Waals surface area contributed by atoms with Gasteiger partial charge in [0.15, 0.2) is 0 Å². The van der Waals surface area contributed by atoms with Gasteiger partial charge in [-0.2, -0.15) is 4.98 Å². The van der Waals surface area contributed by atoms with Crippen LogP contribution in [0.3, 0.4) is 0 Å². The van der Waals surface area contributed by atoms with E-state index in [4.69, 9.17) is 10.1 Å². The number of hydrogen-bond donors (Lipinski definition) is 1. The van der Waals surface area contributed by atoms with Crippen molar-refractivity contribution < 1.29 is 4.74 Å². The van der Waals surface area contributed by atoms with Gasteiger partial charge in [0.2, 0.25) is 11.5 Å². The molecule has 1 aromatic heterocycles. The Bertz CT molecular complexity index is 316. The normalized spacial score (nSPS) is 9.73. The van der Waals surface area contributed by atoms with E-state index in [0.717, 1.165) is 5.69 Å². The maximum atomic E-state index is 7.38. The Morgan fingerprint density at radius 1 is 1.64 bits per heavy atom. The summed E-state index contributed by atoms with van der Waals surface area (Å²) in [5.74, 6) is 0.491. The number of hydrogen-bond acceptors (Lipinski definition) is 3.